The molecule has 0 aliphatic heterocycles. The highest BCUT2D eigenvalue weighted by Crippen LogP contribution is 2.35. The number of hydrogen-bond acceptors (Lipinski definition) is 6. The van der Waals surface area contributed by atoms with Crippen LogP contribution in [0.3, 0.4) is 0 Å². The molecule has 0 aliphatic carbocycles. The van der Waals surface area contributed by atoms with Gasteiger partial charge in [-0.2, -0.15) is 10.3 Å². The van der Waals surface area contributed by atoms with Gasteiger partial charge >= 0.3 is 0 Å². The number of aromatic nitrogens is 6. The number of H-pyrrole nitrogens is 2. The molecule has 0 fully saturated rings. The fourth-order valence-corrected chi connectivity index (χ4v) is 3.51. The molecule has 0 amide bonds. The van der Waals surface area contributed by atoms with Crippen molar-refractivity contribution in [2.45, 2.75) is 4.90 Å². The molecule has 0 unspecified atom stereocenters. The predicted octanol–water partition coefficient (Wildman–Crippen LogP) is 1.57. The normalized spacial score (nSPS) is 11.6. The van der Waals surface area contributed by atoms with Crippen LogP contribution in [0, 0.1) is 0 Å². The summed E-state index contributed by atoms with van der Waals surface area (Å²) in [6.45, 7) is 0. The van der Waals surface area contributed by atoms with Gasteiger partial charge in [0, 0.05) is 6.20 Å². The lowest BCUT2D eigenvalue weighted by Crippen LogP contribution is -2.14. The first-order chi connectivity index (χ1) is 12.5. The Morgan fingerprint density at radius 3 is 2.35 bits per heavy atom. The number of primary sulfonamides is 1. The van der Waals surface area contributed by atoms with Crippen LogP contribution in [0.2, 0.25) is 0 Å². The Kier molecular flexibility index (Phi) is 3.82. The largest absolute Gasteiger partial charge is 0.278 e. The molecule has 0 spiro atoms. The lowest BCUT2D eigenvalue weighted by atomic mass is 9.97. The molecule has 4 N–H and O–H groups in total. The molecule has 0 saturated carbocycles. The van der Waals surface area contributed by atoms with Crippen molar-refractivity contribution in [3.63, 3.8) is 0 Å². The molecule has 130 valence electrons. The first-order valence-corrected chi connectivity index (χ1v) is 9.08. The maximum Gasteiger partial charge on any atom is 0.238 e. The molecule has 4 aromatic rings. The first-order valence-electron chi connectivity index (χ1n) is 7.54. The van der Waals surface area contributed by atoms with Gasteiger partial charge in [0.05, 0.1) is 16.2 Å². The summed E-state index contributed by atoms with van der Waals surface area (Å²) in [6.07, 6.45) is 1.67. The molecule has 0 radical (unpaired) electrons. The highest BCUT2D eigenvalue weighted by Gasteiger charge is 2.22. The van der Waals surface area contributed by atoms with Crippen molar-refractivity contribution in [2.75, 3.05) is 0 Å². The Hall–Kier alpha value is -3.37. The summed E-state index contributed by atoms with van der Waals surface area (Å²) in [5, 5.41) is 25.9. The van der Waals surface area contributed by atoms with Gasteiger partial charge in [-0.15, -0.1) is 10.2 Å². The van der Waals surface area contributed by atoms with E-state index in [9.17, 15) is 8.42 Å². The third-order valence-corrected chi connectivity index (χ3v) is 4.86. The minimum absolute atomic E-state index is 0.0611. The highest BCUT2D eigenvalue weighted by atomic mass is 32.2. The molecule has 9 nitrogen and oxygen atoms in total. The molecule has 2 heterocycles. The lowest BCUT2D eigenvalue weighted by Gasteiger charge is -2.11. The van der Waals surface area contributed by atoms with Crippen molar-refractivity contribution >= 4 is 10.0 Å². The fraction of sp³-hybridized carbons (Fsp3) is 0. The van der Waals surface area contributed by atoms with E-state index in [1.165, 1.54) is 6.07 Å². The Balaban J connectivity index is 1.89. The summed E-state index contributed by atoms with van der Waals surface area (Å²) in [5.41, 5.74) is 3.56. The van der Waals surface area contributed by atoms with Crippen molar-refractivity contribution in [3.8, 4) is 33.8 Å². The summed E-state index contributed by atoms with van der Waals surface area (Å²) >= 11 is 0. The lowest BCUT2D eigenvalue weighted by molar-refractivity contribution is 0.598. The zero-order valence-corrected chi connectivity index (χ0v) is 14.1. The van der Waals surface area contributed by atoms with E-state index in [1.54, 1.807) is 18.3 Å². The molecule has 0 bridgehead atoms. The van der Waals surface area contributed by atoms with Crippen molar-refractivity contribution in [1.82, 2.24) is 30.8 Å². The second-order valence-electron chi connectivity index (χ2n) is 5.51. The molecule has 2 aromatic heterocycles. The van der Waals surface area contributed by atoms with Crippen LogP contribution < -0.4 is 5.14 Å². The van der Waals surface area contributed by atoms with Gasteiger partial charge in [0.15, 0.2) is 0 Å². The van der Waals surface area contributed by atoms with Gasteiger partial charge in [-0.3, -0.25) is 5.10 Å². The van der Waals surface area contributed by atoms with E-state index in [0.29, 0.717) is 11.1 Å². The van der Waals surface area contributed by atoms with Crippen LogP contribution in [-0.2, 0) is 10.0 Å². The molecule has 0 atom stereocenters. The average molecular weight is 367 g/mol. The summed E-state index contributed by atoms with van der Waals surface area (Å²) in [7, 11) is -3.97. The molecule has 0 saturated heterocycles. The second kappa shape index (κ2) is 6.17. The maximum absolute atomic E-state index is 12.0. The minimum Gasteiger partial charge on any atom is -0.278 e. The van der Waals surface area contributed by atoms with Crippen LogP contribution in [0.5, 0.6) is 0 Å². The SMILES string of the molecule is NS(=O)(=O)c1cccc(-c2ccc(-c3ccn[nH]3)cc2)c1-c1nn[nH]n1. The number of benzene rings is 2. The van der Waals surface area contributed by atoms with Crippen LogP contribution in [0.25, 0.3) is 33.8 Å². The van der Waals surface area contributed by atoms with E-state index in [2.05, 4.69) is 30.8 Å². The molecular weight excluding hydrogens is 354 g/mol. The Morgan fingerprint density at radius 1 is 0.962 bits per heavy atom. The van der Waals surface area contributed by atoms with Crippen molar-refractivity contribution < 1.29 is 8.42 Å². The van der Waals surface area contributed by atoms with E-state index in [0.717, 1.165) is 16.8 Å². The van der Waals surface area contributed by atoms with E-state index in [-0.39, 0.29) is 10.7 Å². The summed E-state index contributed by atoms with van der Waals surface area (Å²) in [5.74, 6) is 0.155. The van der Waals surface area contributed by atoms with Crippen LogP contribution in [0.15, 0.2) is 59.6 Å². The van der Waals surface area contributed by atoms with Gasteiger partial charge < -0.3 is 0 Å². The molecule has 10 heteroatoms. The number of nitrogens with one attached hydrogen (secondary N) is 2. The zero-order valence-electron chi connectivity index (χ0n) is 13.3. The van der Waals surface area contributed by atoms with Gasteiger partial charge in [0.2, 0.25) is 15.8 Å². The van der Waals surface area contributed by atoms with E-state index in [1.807, 2.05) is 30.3 Å². The highest BCUT2D eigenvalue weighted by molar-refractivity contribution is 7.89. The topological polar surface area (TPSA) is 143 Å². The molecule has 2 aromatic carbocycles. The Morgan fingerprint density at radius 2 is 1.73 bits per heavy atom. The third kappa shape index (κ3) is 2.87. The summed E-state index contributed by atoms with van der Waals surface area (Å²) in [4.78, 5) is -0.0611. The van der Waals surface area contributed by atoms with Gasteiger partial charge in [-0.1, -0.05) is 36.4 Å². The van der Waals surface area contributed by atoms with Gasteiger partial charge in [0.1, 0.15) is 0 Å². The quantitative estimate of drug-likeness (QED) is 0.499. The smallest absolute Gasteiger partial charge is 0.238 e. The van der Waals surface area contributed by atoms with Crippen molar-refractivity contribution in [2.24, 2.45) is 5.14 Å². The Labute approximate surface area is 148 Å². The van der Waals surface area contributed by atoms with E-state index < -0.39 is 10.0 Å². The second-order valence-corrected chi connectivity index (χ2v) is 7.04. The monoisotopic (exact) mass is 367 g/mol. The number of sulfonamides is 1. The van der Waals surface area contributed by atoms with Crippen molar-refractivity contribution in [1.29, 1.82) is 0 Å². The Bertz CT molecular complexity index is 1140. The van der Waals surface area contributed by atoms with Crippen molar-refractivity contribution in [3.05, 3.63) is 54.7 Å². The predicted molar refractivity (Wildman–Crippen MR) is 94.0 cm³/mol. The third-order valence-electron chi connectivity index (χ3n) is 3.91. The molecule has 26 heavy (non-hydrogen) atoms. The molecule has 0 aliphatic rings. The number of hydrogen-bond donors (Lipinski definition) is 3. The summed E-state index contributed by atoms with van der Waals surface area (Å²) in [6, 6.07) is 14.3. The van der Waals surface area contributed by atoms with Crippen LogP contribution >= 0.6 is 0 Å². The van der Waals surface area contributed by atoms with Gasteiger partial charge in [0.25, 0.3) is 0 Å². The number of tetrazole rings is 1. The van der Waals surface area contributed by atoms with Gasteiger partial charge in [-0.25, -0.2) is 13.6 Å². The molecular formula is C16H13N7O2S. The first kappa shape index (κ1) is 16.1. The van der Waals surface area contributed by atoms with Crippen LogP contribution in [-0.4, -0.2) is 39.2 Å². The van der Waals surface area contributed by atoms with Gasteiger partial charge in [-0.05, 0) is 34.0 Å². The zero-order chi connectivity index (χ0) is 18.1. The average Bonchev–Trinajstić information content (AvgIpc) is 3.34. The van der Waals surface area contributed by atoms with Crippen LogP contribution in [0.4, 0.5) is 0 Å². The summed E-state index contributed by atoms with van der Waals surface area (Å²) < 4.78 is 24.0. The van der Waals surface area contributed by atoms with E-state index in [4.69, 9.17) is 5.14 Å². The van der Waals surface area contributed by atoms with Crippen LogP contribution in [0.1, 0.15) is 0 Å². The maximum atomic E-state index is 12.0. The number of aromatic amines is 2. The minimum atomic E-state index is -3.97. The number of nitrogens with zero attached hydrogens (tertiary/aromatic N) is 4. The fourth-order valence-electron chi connectivity index (χ4n) is 2.75. The number of rotatable bonds is 4. The molecule has 4 rings (SSSR count). The number of nitrogens with two attached hydrogens (primary N) is 1. The van der Waals surface area contributed by atoms with E-state index >= 15 is 0 Å². The standard InChI is InChI=1S/C16H13N7O2S/c17-26(24,25)14-3-1-2-12(15(14)16-20-22-23-21-16)10-4-6-11(7-5-10)13-8-9-18-19-13/h1-9H,(H,18,19)(H2,17,24,25)(H,20,21,22,23).